The van der Waals surface area contributed by atoms with Gasteiger partial charge in [-0.3, -0.25) is 0 Å². The predicted octanol–water partition coefficient (Wildman–Crippen LogP) is 2.59. The van der Waals surface area contributed by atoms with E-state index in [0.29, 0.717) is 0 Å². The van der Waals surface area contributed by atoms with Gasteiger partial charge in [-0.2, -0.15) is 48.3 Å². The first-order valence-electron chi connectivity index (χ1n) is 3.78. The summed E-state index contributed by atoms with van der Waals surface area (Å²) in [4.78, 5) is 0. The summed E-state index contributed by atoms with van der Waals surface area (Å²) in [7, 11) is -7.66. The molecule has 1 radical (unpaired) electrons. The van der Waals surface area contributed by atoms with Gasteiger partial charge < -0.3 is 4.55 Å². The molecule has 0 heterocycles. The van der Waals surface area contributed by atoms with Crippen LogP contribution in [0.2, 0.25) is 0 Å². The first-order valence-corrected chi connectivity index (χ1v) is 5.19. The fourth-order valence-electron chi connectivity index (χ4n) is 0.715. The van der Waals surface area contributed by atoms with E-state index in [1.807, 2.05) is 0 Å². The molecule has 123 valence electrons. The number of hydrogen-bond acceptors (Lipinski definition) is 3. The number of alkyl halides is 11. The smallest absolute Gasteiger partial charge is 0.743 e. The van der Waals surface area contributed by atoms with Crippen LogP contribution in [-0.2, 0) is 37.8 Å². The summed E-state index contributed by atoms with van der Waals surface area (Å²) in [6, 6.07) is 0. The van der Waals surface area contributed by atoms with Gasteiger partial charge in [0.1, 0.15) is 0 Å². The van der Waals surface area contributed by atoms with Gasteiger partial charge in [0.2, 0.25) is 0 Å². The second-order valence-corrected chi connectivity index (χ2v) is 4.61. The van der Waals surface area contributed by atoms with Crippen molar-refractivity contribution in [3.05, 3.63) is 0 Å². The summed E-state index contributed by atoms with van der Waals surface area (Å²) in [5.74, 6) is -23.4. The van der Waals surface area contributed by atoms with Crippen molar-refractivity contribution >= 4 is 10.1 Å². The minimum absolute atomic E-state index is 0. The summed E-state index contributed by atoms with van der Waals surface area (Å²) in [6.45, 7) is 0. The van der Waals surface area contributed by atoms with Gasteiger partial charge in [0, 0.05) is 0 Å². The molecule has 0 aromatic heterocycles. The molecule has 0 N–H and O–H groups in total. The fourth-order valence-corrected chi connectivity index (χ4v) is 1.16. The Labute approximate surface area is 128 Å². The molecule has 0 aliphatic heterocycles. The monoisotopic (exact) mass is 551 g/mol. The normalized spacial score (nSPS) is 15.6. The molecule has 0 rings (SSSR count). The van der Waals surface area contributed by atoms with Crippen molar-refractivity contribution in [3.63, 3.8) is 0 Å². The van der Waals surface area contributed by atoms with Gasteiger partial charge in [-0.25, -0.2) is 8.42 Å². The number of halogens is 11. The number of rotatable bonds is 4. The Bertz CT molecular complexity index is 481. The van der Waals surface area contributed by atoms with Crippen molar-refractivity contribution in [2.24, 2.45) is 0 Å². The molecular formula is C5F11HgO3S. The Morgan fingerprint density at radius 3 is 1.10 bits per heavy atom. The molecule has 0 saturated carbocycles. The molecule has 0 amide bonds. The zero-order valence-electron chi connectivity index (χ0n) is 9.00. The molecule has 0 atom stereocenters. The van der Waals surface area contributed by atoms with Crippen LogP contribution in [0.4, 0.5) is 48.3 Å². The van der Waals surface area contributed by atoms with Crippen molar-refractivity contribution in [3.8, 4) is 0 Å². The zero-order valence-corrected chi connectivity index (χ0v) is 15.3. The average molecular weight is 550 g/mol. The SMILES string of the molecule is O=S(=O)([O-])C(F)(F)C(F)(F)C(F)(F)C(F)(F)C(F)(F)F.[Hg+]. The van der Waals surface area contributed by atoms with Gasteiger partial charge in [0.05, 0.1) is 0 Å². The molecule has 0 aliphatic rings. The number of hydrogen-bond donors (Lipinski definition) is 0. The molecule has 0 aromatic carbocycles. The topological polar surface area (TPSA) is 57.2 Å². The molecule has 0 aromatic rings. The van der Waals surface area contributed by atoms with Gasteiger partial charge in [0.25, 0.3) is 0 Å². The summed E-state index contributed by atoms with van der Waals surface area (Å²) < 4.78 is 162. The minimum atomic E-state index is -7.90. The Morgan fingerprint density at radius 1 is 0.619 bits per heavy atom. The van der Waals surface area contributed by atoms with E-state index in [0.717, 1.165) is 0 Å². The quantitative estimate of drug-likeness (QED) is 0.308. The minimum Gasteiger partial charge on any atom is -0.743 e. The zero-order chi connectivity index (χ0) is 17.0. The van der Waals surface area contributed by atoms with Crippen molar-refractivity contribution in [1.29, 1.82) is 0 Å². The molecule has 16 heteroatoms. The first-order chi connectivity index (χ1) is 8.25. The summed E-state index contributed by atoms with van der Waals surface area (Å²) >= 11 is 0. The summed E-state index contributed by atoms with van der Waals surface area (Å²) in [5, 5.41) is -7.40. The molecule has 0 unspecified atom stereocenters. The third kappa shape index (κ3) is 3.23. The standard InChI is InChI=1S/C5HF11O3S.Hg/c6-1(7,2(8,9)4(12,13)14)3(10,11)5(15,16)20(17,18)19;/h(H,17,18,19);/q;+1/p-1. The summed E-state index contributed by atoms with van der Waals surface area (Å²) in [5.41, 5.74) is 0. The van der Waals surface area contributed by atoms with Crippen LogP contribution in [0.15, 0.2) is 0 Å². The average Bonchev–Trinajstić information content (AvgIpc) is 2.12. The van der Waals surface area contributed by atoms with E-state index in [9.17, 15) is 61.3 Å². The largest absolute Gasteiger partial charge is 1.00 e. The molecule has 0 saturated heterocycles. The maximum atomic E-state index is 12.4. The van der Waals surface area contributed by atoms with Gasteiger partial charge in [-0.05, 0) is 0 Å². The third-order valence-electron chi connectivity index (χ3n) is 1.82. The van der Waals surface area contributed by atoms with Crippen LogP contribution >= 0.6 is 0 Å². The molecule has 0 spiro atoms. The molecule has 0 fully saturated rings. The van der Waals surface area contributed by atoms with E-state index in [1.165, 1.54) is 0 Å². The van der Waals surface area contributed by atoms with Crippen molar-refractivity contribution in [1.82, 2.24) is 0 Å². The Morgan fingerprint density at radius 2 is 0.905 bits per heavy atom. The molecule has 21 heavy (non-hydrogen) atoms. The van der Waals surface area contributed by atoms with E-state index in [1.54, 1.807) is 0 Å². The van der Waals surface area contributed by atoms with Crippen LogP contribution in [0.1, 0.15) is 0 Å². The molecule has 0 bridgehead atoms. The van der Waals surface area contributed by atoms with Crippen molar-refractivity contribution in [2.45, 2.75) is 29.2 Å². The van der Waals surface area contributed by atoms with Gasteiger partial charge in [0.15, 0.2) is 10.1 Å². The van der Waals surface area contributed by atoms with Crippen LogP contribution in [0.25, 0.3) is 0 Å². The first kappa shape index (κ1) is 23.3. The van der Waals surface area contributed by atoms with Crippen molar-refractivity contribution in [2.75, 3.05) is 0 Å². The van der Waals surface area contributed by atoms with Crippen molar-refractivity contribution < 1.29 is 88.9 Å². The Balaban J connectivity index is 0. The van der Waals surface area contributed by atoms with E-state index in [4.69, 9.17) is 0 Å². The van der Waals surface area contributed by atoms with E-state index < -0.39 is 39.3 Å². The van der Waals surface area contributed by atoms with Crippen LogP contribution in [0.5, 0.6) is 0 Å². The van der Waals surface area contributed by atoms with Gasteiger partial charge in [-0.15, -0.1) is 0 Å². The predicted molar refractivity (Wildman–Crippen MR) is 35.5 cm³/mol. The summed E-state index contributed by atoms with van der Waals surface area (Å²) in [6.07, 6.45) is -7.41. The third-order valence-corrected chi connectivity index (χ3v) is 2.71. The second-order valence-electron chi connectivity index (χ2n) is 3.19. The molecule has 3 nitrogen and oxygen atoms in total. The van der Waals surface area contributed by atoms with E-state index >= 15 is 0 Å². The molecule has 0 aliphatic carbocycles. The van der Waals surface area contributed by atoms with Crippen LogP contribution in [-0.4, -0.2) is 42.2 Å². The fraction of sp³-hybridized carbons (Fsp3) is 1.00. The molecular weight excluding hydrogens is 550 g/mol. The van der Waals surface area contributed by atoms with Gasteiger partial charge in [-0.1, -0.05) is 0 Å². The van der Waals surface area contributed by atoms with Gasteiger partial charge >= 0.3 is 56.9 Å². The van der Waals surface area contributed by atoms with Crippen LogP contribution in [0.3, 0.4) is 0 Å². The maximum Gasteiger partial charge on any atom is 1.00 e. The Hall–Kier alpha value is 0.0751. The second kappa shape index (κ2) is 5.61. The van der Waals surface area contributed by atoms with E-state index in [2.05, 4.69) is 0 Å². The Kier molecular flexibility index (Phi) is 6.24. The van der Waals surface area contributed by atoms with Crippen LogP contribution in [0, 0.1) is 0 Å². The maximum absolute atomic E-state index is 12.4. The van der Waals surface area contributed by atoms with Crippen LogP contribution < -0.4 is 0 Å². The van der Waals surface area contributed by atoms with E-state index in [-0.39, 0.29) is 27.7 Å².